The average Bonchev–Trinajstić information content (AvgIpc) is 3.16. The van der Waals surface area contributed by atoms with Crippen molar-refractivity contribution in [2.75, 3.05) is 11.9 Å². The minimum Gasteiger partial charge on any atom is -0.492 e. The van der Waals surface area contributed by atoms with Crippen LogP contribution >= 0.6 is 0 Å². The van der Waals surface area contributed by atoms with E-state index in [2.05, 4.69) is 22.4 Å². The number of nitrogens with zero attached hydrogens (tertiary/aromatic N) is 1. The van der Waals surface area contributed by atoms with E-state index in [1.54, 1.807) is 6.20 Å². The topological polar surface area (TPSA) is 43.4 Å². The molecule has 100 valence electrons. The molecule has 5 aliphatic heterocycles. The molecule has 1 saturated carbocycles. The second-order valence-electron chi connectivity index (χ2n) is 5.83. The molecule has 6 aliphatic rings. The van der Waals surface area contributed by atoms with Gasteiger partial charge in [-0.15, -0.1) is 0 Å². The van der Waals surface area contributed by atoms with Crippen LogP contribution in [0.15, 0.2) is 30.5 Å². The maximum Gasteiger partial charge on any atom is 0.145 e. The summed E-state index contributed by atoms with van der Waals surface area (Å²) in [6.45, 7) is 1.52. The van der Waals surface area contributed by atoms with Gasteiger partial charge in [0.05, 0.1) is 12.8 Å². The molecule has 1 aromatic heterocycles. The van der Waals surface area contributed by atoms with E-state index >= 15 is 0 Å². The molecule has 4 heteroatoms. The van der Waals surface area contributed by atoms with Crippen molar-refractivity contribution >= 4 is 5.82 Å². The summed E-state index contributed by atoms with van der Waals surface area (Å²) in [5.41, 5.74) is 2.66. The largest absolute Gasteiger partial charge is 0.492 e. The highest BCUT2D eigenvalue weighted by Crippen LogP contribution is 2.59. The Hall–Kier alpha value is -2.23. The SMILES string of the molecule is c1cc2ncc1Oc1ccc(c3c1C1(CC1)CO3)CN2. The first-order chi connectivity index (χ1) is 9.84. The maximum absolute atomic E-state index is 6.06. The normalized spacial score (nSPS) is 19.8. The van der Waals surface area contributed by atoms with Gasteiger partial charge in [0.15, 0.2) is 0 Å². The third-order valence-electron chi connectivity index (χ3n) is 4.50. The van der Waals surface area contributed by atoms with Gasteiger partial charge in [-0.25, -0.2) is 4.98 Å². The van der Waals surface area contributed by atoms with Gasteiger partial charge in [0.1, 0.15) is 23.1 Å². The summed E-state index contributed by atoms with van der Waals surface area (Å²) in [5, 5.41) is 3.34. The number of ether oxygens (including phenoxy) is 2. The molecule has 1 N–H and O–H groups in total. The second-order valence-corrected chi connectivity index (χ2v) is 5.83. The zero-order valence-corrected chi connectivity index (χ0v) is 11.0. The summed E-state index contributed by atoms with van der Waals surface area (Å²) in [7, 11) is 0. The van der Waals surface area contributed by atoms with E-state index in [0.29, 0.717) is 0 Å². The van der Waals surface area contributed by atoms with Crippen molar-refractivity contribution in [1.29, 1.82) is 0 Å². The molecule has 1 aliphatic carbocycles. The molecule has 2 aromatic rings. The molecule has 1 spiro atoms. The van der Waals surface area contributed by atoms with Crippen molar-refractivity contribution in [3.63, 3.8) is 0 Å². The van der Waals surface area contributed by atoms with Crippen molar-refractivity contribution in [3.8, 4) is 17.2 Å². The van der Waals surface area contributed by atoms with Gasteiger partial charge >= 0.3 is 0 Å². The molecule has 8 rings (SSSR count). The molecular formula is C16H14N2O2. The summed E-state index contributed by atoms with van der Waals surface area (Å²) in [5.74, 6) is 3.58. The Morgan fingerprint density at radius 1 is 1.15 bits per heavy atom. The number of benzene rings is 1. The van der Waals surface area contributed by atoms with Crippen LogP contribution in [0.3, 0.4) is 0 Å². The van der Waals surface area contributed by atoms with Crippen LogP contribution in [0.5, 0.6) is 17.2 Å². The quantitative estimate of drug-likeness (QED) is 0.795. The number of pyridine rings is 1. The first-order valence-corrected chi connectivity index (χ1v) is 7.01. The van der Waals surface area contributed by atoms with E-state index in [1.165, 1.54) is 24.0 Å². The number of nitrogens with one attached hydrogen (secondary N) is 1. The molecular weight excluding hydrogens is 252 g/mol. The minimum atomic E-state index is 0.210. The van der Waals surface area contributed by atoms with Crippen LogP contribution in [0.4, 0.5) is 5.82 Å². The van der Waals surface area contributed by atoms with E-state index in [0.717, 1.165) is 36.2 Å². The first-order valence-electron chi connectivity index (χ1n) is 7.01. The van der Waals surface area contributed by atoms with E-state index in [9.17, 15) is 0 Å². The van der Waals surface area contributed by atoms with E-state index < -0.39 is 0 Å². The first kappa shape index (κ1) is 10.5. The van der Waals surface area contributed by atoms with Crippen molar-refractivity contribution in [2.45, 2.75) is 24.8 Å². The molecule has 0 amide bonds. The number of anilines is 1. The van der Waals surface area contributed by atoms with Gasteiger partial charge in [0.2, 0.25) is 0 Å². The fourth-order valence-electron chi connectivity index (χ4n) is 3.18. The predicted octanol–water partition coefficient (Wildman–Crippen LogP) is 3.22. The standard InChI is InChI=1S/C16H14N2O2/c1-3-12-14-15(19-9-16(14)5-6-16)10(1)7-17-13-4-2-11(20-12)8-18-13/h1-4,8H,5-7,9H2,(H,17,18). The lowest BCUT2D eigenvalue weighted by atomic mass is 9.95. The Kier molecular flexibility index (Phi) is 1.82. The van der Waals surface area contributed by atoms with Gasteiger partial charge in [-0.05, 0) is 37.1 Å². The van der Waals surface area contributed by atoms with Crippen molar-refractivity contribution in [2.24, 2.45) is 0 Å². The van der Waals surface area contributed by atoms with E-state index in [1.807, 2.05) is 12.1 Å². The number of hydrogen-bond donors (Lipinski definition) is 1. The Labute approximate surface area is 116 Å². The smallest absolute Gasteiger partial charge is 0.145 e. The maximum atomic E-state index is 6.06. The van der Waals surface area contributed by atoms with Crippen molar-refractivity contribution < 1.29 is 9.47 Å². The minimum absolute atomic E-state index is 0.210. The molecule has 0 atom stereocenters. The summed E-state index contributed by atoms with van der Waals surface area (Å²) < 4.78 is 12.1. The Bertz CT molecular complexity index is 705. The Balaban J connectivity index is 1.75. The number of rotatable bonds is 0. The fraction of sp³-hybridized carbons (Fsp3) is 0.312. The predicted molar refractivity (Wildman–Crippen MR) is 74.5 cm³/mol. The van der Waals surface area contributed by atoms with Crippen LogP contribution < -0.4 is 14.8 Å². The van der Waals surface area contributed by atoms with Gasteiger partial charge in [0, 0.05) is 23.1 Å². The molecule has 20 heavy (non-hydrogen) atoms. The summed E-state index contributed by atoms with van der Waals surface area (Å²) in [6.07, 6.45) is 4.16. The lowest BCUT2D eigenvalue weighted by Crippen LogP contribution is -2.08. The van der Waals surface area contributed by atoms with Crippen LogP contribution in [0.25, 0.3) is 0 Å². The highest BCUT2D eigenvalue weighted by Gasteiger charge is 2.53. The third kappa shape index (κ3) is 1.33. The monoisotopic (exact) mass is 266 g/mol. The third-order valence-corrected chi connectivity index (χ3v) is 4.50. The molecule has 0 unspecified atom stereocenters. The molecule has 6 heterocycles. The second kappa shape index (κ2) is 3.45. The zero-order chi connectivity index (χ0) is 13.2. The van der Waals surface area contributed by atoms with Gasteiger partial charge in [0.25, 0.3) is 0 Å². The Morgan fingerprint density at radius 3 is 2.90 bits per heavy atom. The molecule has 1 fully saturated rings. The van der Waals surface area contributed by atoms with Gasteiger partial charge < -0.3 is 14.8 Å². The Morgan fingerprint density at radius 2 is 2.10 bits per heavy atom. The molecule has 0 radical (unpaired) electrons. The lowest BCUT2D eigenvalue weighted by Gasteiger charge is -2.14. The fourth-order valence-corrected chi connectivity index (χ4v) is 3.18. The molecule has 0 saturated heterocycles. The van der Waals surface area contributed by atoms with Gasteiger partial charge in [-0.3, -0.25) is 0 Å². The number of hydrogen-bond acceptors (Lipinski definition) is 4. The van der Waals surface area contributed by atoms with E-state index in [4.69, 9.17) is 9.47 Å². The van der Waals surface area contributed by atoms with Crippen molar-refractivity contribution in [1.82, 2.24) is 4.98 Å². The van der Waals surface area contributed by atoms with Gasteiger partial charge in [-0.1, -0.05) is 0 Å². The van der Waals surface area contributed by atoms with Crippen LogP contribution in [-0.2, 0) is 12.0 Å². The zero-order valence-electron chi connectivity index (χ0n) is 11.0. The van der Waals surface area contributed by atoms with Crippen LogP contribution in [0, 0.1) is 0 Å². The summed E-state index contributed by atoms with van der Waals surface area (Å²) >= 11 is 0. The number of aromatic nitrogens is 1. The van der Waals surface area contributed by atoms with E-state index in [-0.39, 0.29) is 5.41 Å². The van der Waals surface area contributed by atoms with Crippen molar-refractivity contribution in [3.05, 3.63) is 41.6 Å². The van der Waals surface area contributed by atoms with Crippen LogP contribution in [-0.4, -0.2) is 11.6 Å². The molecule has 4 nitrogen and oxygen atoms in total. The van der Waals surface area contributed by atoms with Crippen LogP contribution in [0.1, 0.15) is 24.0 Å². The van der Waals surface area contributed by atoms with Crippen LogP contribution in [0.2, 0.25) is 0 Å². The highest BCUT2D eigenvalue weighted by molar-refractivity contribution is 5.61. The van der Waals surface area contributed by atoms with Gasteiger partial charge in [-0.2, -0.15) is 0 Å². The molecule has 4 bridgehead atoms. The lowest BCUT2D eigenvalue weighted by molar-refractivity contribution is 0.321. The molecule has 1 aromatic carbocycles. The average molecular weight is 266 g/mol. The summed E-state index contributed by atoms with van der Waals surface area (Å²) in [6, 6.07) is 8.06. The summed E-state index contributed by atoms with van der Waals surface area (Å²) in [4.78, 5) is 4.36. The highest BCUT2D eigenvalue weighted by atomic mass is 16.5.